The van der Waals surface area contributed by atoms with E-state index in [9.17, 15) is 48.6 Å². The van der Waals surface area contributed by atoms with Crippen molar-refractivity contribution < 1.29 is 95.9 Å². The Kier molecular flexibility index (Phi) is 97.5. The van der Waals surface area contributed by atoms with Crippen LogP contribution in [0.3, 0.4) is 0 Å². The molecule has 0 bridgehead atoms. The van der Waals surface area contributed by atoms with Gasteiger partial charge in [-0.1, -0.05) is 581 Å². The second kappa shape index (κ2) is 103. The van der Waals surface area contributed by atoms with Crippen LogP contribution in [0.2, 0.25) is 0 Å². The molecule has 0 aliphatic carbocycles. The minimum absolute atomic E-state index is 0.0997. The molecule has 0 radical (unpaired) electrons. The standard InChI is InChI=1S/C130H240O20/c1-7-13-19-25-31-37-43-49-55-61-67-73-79-85-91-97-117(131)143-109-127(110-144-118(132)98-92-86-80-74-68-62-56-50-44-38-32-26-20-14-8-2)105-141-107-129(125(127)139,113-147-121(135)101-95-89-83-77-71-65-59-53-47-41-35-29-23-17-11-5)115-149-123(137)103-104-124(138)150-116-130(114-148-122(136)102-96-90-84-78-72-66-60-54-48-42-36-30-24-18-12-6)108-142-106-128(126(130)140,111-145-119(133)99-93-87-81-75-69-63-57-51-45-39-33-27-21-15-9-3)112-146-120(134)100-94-88-82-76-70-64-58-52-46-40-34-28-22-16-10-4/h103-104,125-126,139-140H,7-102,105-116H2,1-6H3. The predicted molar refractivity (Wildman–Crippen MR) is 617 cm³/mol. The molecule has 4 unspecified atom stereocenters. The third-order valence-corrected chi connectivity index (χ3v) is 32.3. The first-order valence-electron chi connectivity index (χ1n) is 64.9. The molecule has 0 saturated carbocycles. The van der Waals surface area contributed by atoms with Crippen molar-refractivity contribution >= 4 is 47.8 Å². The van der Waals surface area contributed by atoms with Gasteiger partial charge >= 0.3 is 47.8 Å². The lowest BCUT2D eigenvalue weighted by Gasteiger charge is -2.50. The molecule has 2 aliphatic rings. The molecule has 0 aromatic rings. The van der Waals surface area contributed by atoms with Crippen LogP contribution in [0, 0.1) is 21.7 Å². The highest BCUT2D eigenvalue weighted by molar-refractivity contribution is 5.91. The fraction of sp³-hybridized carbons (Fsp3) is 0.923. The molecular weight excluding hydrogens is 1880 g/mol. The van der Waals surface area contributed by atoms with Crippen LogP contribution in [0.25, 0.3) is 0 Å². The summed E-state index contributed by atoms with van der Waals surface area (Å²) in [6.45, 7) is 8.53. The lowest BCUT2D eigenvalue weighted by Crippen LogP contribution is -2.64. The molecule has 0 amide bonds. The lowest BCUT2D eigenvalue weighted by atomic mass is 9.68. The van der Waals surface area contributed by atoms with Crippen molar-refractivity contribution in [2.24, 2.45) is 21.7 Å². The van der Waals surface area contributed by atoms with Crippen LogP contribution in [-0.2, 0) is 85.7 Å². The molecule has 2 saturated heterocycles. The average Bonchev–Trinajstić information content (AvgIpc) is 0.760. The summed E-state index contributed by atoms with van der Waals surface area (Å²) in [6, 6.07) is 0. The zero-order valence-electron chi connectivity index (χ0n) is 98.9. The summed E-state index contributed by atoms with van der Waals surface area (Å²) in [5.74, 6) is -5.10. The van der Waals surface area contributed by atoms with Gasteiger partial charge in [-0.25, -0.2) is 9.59 Å². The van der Waals surface area contributed by atoms with Gasteiger partial charge in [-0.3, -0.25) is 28.8 Å². The summed E-state index contributed by atoms with van der Waals surface area (Å²) in [5.41, 5.74) is -6.70. The smallest absolute Gasteiger partial charge is 0.331 e. The van der Waals surface area contributed by atoms with Crippen molar-refractivity contribution in [1.29, 1.82) is 0 Å². The van der Waals surface area contributed by atoms with E-state index in [2.05, 4.69) is 41.5 Å². The van der Waals surface area contributed by atoms with Gasteiger partial charge in [0.15, 0.2) is 0 Å². The maximum Gasteiger partial charge on any atom is 0.331 e. The van der Waals surface area contributed by atoms with Gasteiger partial charge in [-0.2, -0.15) is 0 Å². The zero-order chi connectivity index (χ0) is 109. The van der Waals surface area contributed by atoms with Crippen LogP contribution in [0.5, 0.6) is 0 Å². The van der Waals surface area contributed by atoms with E-state index in [1.807, 2.05) is 0 Å². The summed E-state index contributed by atoms with van der Waals surface area (Å²) < 4.78 is 61.5. The maximum atomic E-state index is 14.4. The Morgan fingerprint density at radius 3 is 0.387 bits per heavy atom. The fourth-order valence-electron chi connectivity index (χ4n) is 21.9. The van der Waals surface area contributed by atoms with Crippen molar-refractivity contribution in [2.75, 3.05) is 79.3 Å². The molecule has 2 aliphatic heterocycles. The molecule has 2 fully saturated rings. The third-order valence-electron chi connectivity index (χ3n) is 32.3. The quantitative estimate of drug-likeness (QED) is 0.0248. The van der Waals surface area contributed by atoms with E-state index < -0.39 is 134 Å². The molecule has 150 heavy (non-hydrogen) atoms. The van der Waals surface area contributed by atoms with E-state index in [0.717, 1.165) is 166 Å². The van der Waals surface area contributed by atoms with Crippen LogP contribution in [0.4, 0.5) is 0 Å². The highest BCUT2D eigenvalue weighted by Gasteiger charge is 2.59. The van der Waals surface area contributed by atoms with Gasteiger partial charge in [0.25, 0.3) is 0 Å². The number of carbonyl (C=O) groups is 8. The minimum atomic E-state index is -1.73. The molecule has 4 atom stereocenters. The summed E-state index contributed by atoms with van der Waals surface area (Å²) in [6.07, 6.45) is 105. The number of ether oxygens (including phenoxy) is 10. The van der Waals surface area contributed by atoms with Gasteiger partial charge < -0.3 is 57.6 Å². The third kappa shape index (κ3) is 80.2. The van der Waals surface area contributed by atoms with Crippen LogP contribution in [-0.4, -0.2) is 149 Å². The SMILES string of the molecule is CCCCCCCCCCCCCCCCCC(=O)OCC1(COC(=O)C=CC(=O)OCC2(COC(=O)CCCCCCCCCCCCCCCCC)COCC(COC(=O)CCCCCCCCCCCCCCCCC)(COC(=O)CCCCCCCCCCCCCCCCC)C2O)COCC(COC(=O)CCCCCCCCCCCCCCCCC)(COC(=O)CCCCCCCCCCCCCCCCC)C1O. The van der Waals surface area contributed by atoms with Crippen molar-refractivity contribution in [3.05, 3.63) is 12.2 Å². The minimum Gasteiger partial charge on any atom is -0.465 e. The van der Waals surface area contributed by atoms with Crippen LogP contribution in [0.15, 0.2) is 12.2 Å². The van der Waals surface area contributed by atoms with Crippen LogP contribution < -0.4 is 0 Å². The Bertz CT molecular complexity index is 2820. The molecule has 880 valence electrons. The fourth-order valence-corrected chi connectivity index (χ4v) is 21.9. The van der Waals surface area contributed by atoms with Gasteiger partial charge in [-0.05, 0) is 38.5 Å². The largest absolute Gasteiger partial charge is 0.465 e. The van der Waals surface area contributed by atoms with Gasteiger partial charge in [0, 0.05) is 50.7 Å². The summed E-state index contributed by atoms with van der Waals surface area (Å²) in [4.78, 5) is 113. The summed E-state index contributed by atoms with van der Waals surface area (Å²) in [7, 11) is 0. The van der Waals surface area contributed by atoms with E-state index in [4.69, 9.17) is 47.4 Å². The number of unbranched alkanes of at least 4 members (excludes halogenated alkanes) is 84. The topological polar surface area (TPSA) is 269 Å². The Labute approximate surface area is 921 Å². The molecule has 2 heterocycles. The average molecular weight is 2120 g/mol. The molecule has 0 aromatic heterocycles. The molecule has 2 rings (SSSR count). The Morgan fingerprint density at radius 1 is 0.173 bits per heavy atom. The highest BCUT2D eigenvalue weighted by atomic mass is 16.6. The van der Waals surface area contributed by atoms with Gasteiger partial charge in [0.05, 0.1) is 60.3 Å². The predicted octanol–water partition coefficient (Wildman–Crippen LogP) is 36.2. The molecule has 2 N–H and O–H groups in total. The van der Waals surface area contributed by atoms with E-state index in [1.54, 1.807) is 0 Å². The number of aliphatic hydroxyl groups excluding tert-OH is 2. The van der Waals surface area contributed by atoms with Gasteiger partial charge in [0.1, 0.15) is 52.9 Å². The first-order valence-corrected chi connectivity index (χ1v) is 64.9. The maximum absolute atomic E-state index is 14.4. The van der Waals surface area contributed by atoms with E-state index >= 15 is 0 Å². The number of hydrogen-bond acceptors (Lipinski definition) is 20. The monoisotopic (exact) mass is 2120 g/mol. The molecule has 20 nitrogen and oxygen atoms in total. The number of rotatable bonds is 114. The Balaban J connectivity index is 2.56. The summed E-state index contributed by atoms with van der Waals surface area (Å²) >= 11 is 0. The lowest BCUT2D eigenvalue weighted by molar-refractivity contribution is -0.241. The molecule has 0 spiro atoms. The summed E-state index contributed by atoms with van der Waals surface area (Å²) in [5, 5.41) is 26.5. The van der Waals surface area contributed by atoms with E-state index in [1.165, 1.54) is 385 Å². The van der Waals surface area contributed by atoms with Gasteiger partial charge in [0.2, 0.25) is 0 Å². The highest BCUT2D eigenvalue weighted by Crippen LogP contribution is 2.45. The molecule has 0 aromatic carbocycles. The Hall–Kier alpha value is -4.66. The van der Waals surface area contributed by atoms with E-state index in [0.29, 0.717) is 38.5 Å². The number of aliphatic hydroxyl groups is 2. The normalized spacial score (nSPS) is 16.4. The van der Waals surface area contributed by atoms with E-state index in [-0.39, 0.29) is 65.0 Å². The number of carbonyl (C=O) groups excluding carboxylic acids is 8. The van der Waals surface area contributed by atoms with Crippen LogP contribution in [0.1, 0.15) is 658 Å². The first-order chi connectivity index (χ1) is 73.4. The Morgan fingerprint density at radius 2 is 0.273 bits per heavy atom. The van der Waals surface area contributed by atoms with Crippen molar-refractivity contribution in [3.63, 3.8) is 0 Å². The van der Waals surface area contributed by atoms with Crippen molar-refractivity contribution in [1.82, 2.24) is 0 Å². The van der Waals surface area contributed by atoms with Crippen molar-refractivity contribution in [3.8, 4) is 0 Å². The molecule has 20 heteroatoms. The number of hydrogen-bond donors (Lipinski definition) is 2. The second-order valence-electron chi connectivity index (χ2n) is 47.0. The van der Waals surface area contributed by atoms with Crippen LogP contribution >= 0.6 is 0 Å². The van der Waals surface area contributed by atoms with Crippen molar-refractivity contribution in [2.45, 2.75) is 670 Å². The van der Waals surface area contributed by atoms with Gasteiger partial charge in [-0.15, -0.1) is 0 Å². The first kappa shape index (κ1) is 141. The molecular formula is C130H240O20. The zero-order valence-corrected chi connectivity index (χ0v) is 98.9. The number of esters is 8. The second-order valence-corrected chi connectivity index (χ2v) is 47.0.